The van der Waals surface area contributed by atoms with Gasteiger partial charge < -0.3 is 15.2 Å². The molecule has 0 aliphatic heterocycles. The molecule has 0 aromatic carbocycles. The summed E-state index contributed by atoms with van der Waals surface area (Å²) < 4.78 is 5.43. The molecule has 96 valence electrons. The molecule has 1 aliphatic rings. The van der Waals surface area contributed by atoms with Crippen LogP contribution >= 0.6 is 0 Å². The first-order valence-corrected chi connectivity index (χ1v) is 6.65. The fourth-order valence-electron chi connectivity index (χ4n) is 1.65. The molecule has 0 saturated heterocycles. The third kappa shape index (κ3) is 8.08. The molecule has 0 heterocycles. The summed E-state index contributed by atoms with van der Waals surface area (Å²) in [6.07, 6.45) is 4.66. The molecule has 1 atom stereocenters. The molecule has 0 radical (unpaired) electrons. The Balaban J connectivity index is 1.79. The molecule has 3 heteroatoms. The van der Waals surface area contributed by atoms with Gasteiger partial charge in [0.05, 0.1) is 12.7 Å². The van der Waals surface area contributed by atoms with Crippen molar-refractivity contribution in [2.45, 2.75) is 45.6 Å². The lowest BCUT2D eigenvalue weighted by Crippen LogP contribution is -2.31. The van der Waals surface area contributed by atoms with E-state index in [4.69, 9.17) is 4.74 Å². The van der Waals surface area contributed by atoms with Gasteiger partial charge in [0.2, 0.25) is 0 Å². The van der Waals surface area contributed by atoms with Gasteiger partial charge in [-0.2, -0.15) is 0 Å². The minimum Gasteiger partial charge on any atom is -0.389 e. The largest absolute Gasteiger partial charge is 0.389 e. The van der Waals surface area contributed by atoms with Crippen LogP contribution < -0.4 is 5.32 Å². The third-order valence-corrected chi connectivity index (χ3v) is 2.89. The van der Waals surface area contributed by atoms with E-state index in [9.17, 15) is 5.11 Å². The van der Waals surface area contributed by atoms with E-state index in [-0.39, 0.29) is 6.10 Å². The van der Waals surface area contributed by atoms with Gasteiger partial charge in [0.15, 0.2) is 0 Å². The van der Waals surface area contributed by atoms with Crippen molar-refractivity contribution in [1.29, 1.82) is 0 Å². The number of rotatable bonds is 10. The first kappa shape index (κ1) is 13.9. The number of hydrogen-bond acceptors (Lipinski definition) is 3. The van der Waals surface area contributed by atoms with Crippen LogP contribution in [-0.4, -0.2) is 37.5 Å². The summed E-state index contributed by atoms with van der Waals surface area (Å²) in [6.45, 7) is 7.41. The van der Waals surface area contributed by atoms with Crippen LogP contribution in [0, 0.1) is 11.8 Å². The van der Waals surface area contributed by atoms with Crippen molar-refractivity contribution in [2.75, 3.05) is 26.3 Å². The maximum atomic E-state index is 9.60. The molecule has 1 fully saturated rings. The summed E-state index contributed by atoms with van der Waals surface area (Å²) >= 11 is 0. The molecule has 1 unspecified atom stereocenters. The molecular weight excluding hydrogens is 202 g/mol. The summed E-state index contributed by atoms with van der Waals surface area (Å²) in [7, 11) is 0. The maximum absolute atomic E-state index is 9.60. The Kier molecular flexibility index (Phi) is 7.01. The maximum Gasteiger partial charge on any atom is 0.0897 e. The predicted octanol–water partition coefficient (Wildman–Crippen LogP) is 1.80. The van der Waals surface area contributed by atoms with Crippen molar-refractivity contribution in [2.24, 2.45) is 11.8 Å². The Labute approximate surface area is 99.6 Å². The van der Waals surface area contributed by atoms with E-state index in [1.54, 1.807) is 0 Å². The normalized spacial score (nSPS) is 18.0. The quantitative estimate of drug-likeness (QED) is 0.561. The van der Waals surface area contributed by atoms with Crippen molar-refractivity contribution < 1.29 is 9.84 Å². The van der Waals surface area contributed by atoms with Crippen LogP contribution in [0.15, 0.2) is 0 Å². The molecule has 16 heavy (non-hydrogen) atoms. The van der Waals surface area contributed by atoms with Crippen molar-refractivity contribution in [3.05, 3.63) is 0 Å². The third-order valence-electron chi connectivity index (χ3n) is 2.89. The van der Waals surface area contributed by atoms with Crippen LogP contribution in [0.2, 0.25) is 0 Å². The molecule has 1 saturated carbocycles. The van der Waals surface area contributed by atoms with Crippen LogP contribution in [0.3, 0.4) is 0 Å². The Morgan fingerprint density at radius 2 is 2.12 bits per heavy atom. The van der Waals surface area contributed by atoms with Gasteiger partial charge >= 0.3 is 0 Å². The molecule has 1 rings (SSSR count). The van der Waals surface area contributed by atoms with Crippen LogP contribution in [0.4, 0.5) is 0 Å². The van der Waals surface area contributed by atoms with Crippen molar-refractivity contribution >= 4 is 0 Å². The average Bonchev–Trinajstić information content (AvgIpc) is 3.00. The molecule has 0 bridgehead atoms. The van der Waals surface area contributed by atoms with Gasteiger partial charge in [-0.15, -0.1) is 0 Å². The number of aliphatic hydroxyl groups excluding tert-OH is 1. The second-order valence-electron chi connectivity index (χ2n) is 5.37. The van der Waals surface area contributed by atoms with Gasteiger partial charge in [-0.3, -0.25) is 0 Å². The van der Waals surface area contributed by atoms with Gasteiger partial charge in [0.1, 0.15) is 0 Å². The van der Waals surface area contributed by atoms with Crippen LogP contribution in [0.5, 0.6) is 0 Å². The minimum atomic E-state index is -0.349. The molecule has 0 spiro atoms. The highest BCUT2D eigenvalue weighted by Crippen LogP contribution is 2.27. The van der Waals surface area contributed by atoms with Crippen molar-refractivity contribution in [3.8, 4) is 0 Å². The fourth-order valence-corrected chi connectivity index (χ4v) is 1.65. The lowest BCUT2D eigenvalue weighted by atomic mass is 10.1. The van der Waals surface area contributed by atoms with E-state index in [0.717, 1.165) is 31.4 Å². The summed E-state index contributed by atoms with van der Waals surface area (Å²) in [5.41, 5.74) is 0. The van der Waals surface area contributed by atoms with Crippen LogP contribution in [0.25, 0.3) is 0 Å². The number of ether oxygens (including phenoxy) is 1. The second-order valence-corrected chi connectivity index (χ2v) is 5.37. The predicted molar refractivity (Wildman–Crippen MR) is 66.5 cm³/mol. The summed E-state index contributed by atoms with van der Waals surface area (Å²) in [6, 6.07) is 0. The highest BCUT2D eigenvalue weighted by molar-refractivity contribution is 4.75. The molecule has 0 aromatic heterocycles. The number of nitrogens with one attached hydrogen (secondary N) is 1. The summed E-state index contributed by atoms with van der Waals surface area (Å²) in [4.78, 5) is 0. The topological polar surface area (TPSA) is 41.5 Å². The lowest BCUT2D eigenvalue weighted by molar-refractivity contribution is 0.0347. The minimum absolute atomic E-state index is 0.349. The zero-order valence-corrected chi connectivity index (χ0v) is 10.7. The molecule has 2 N–H and O–H groups in total. The first-order valence-electron chi connectivity index (χ1n) is 6.65. The number of aliphatic hydroxyl groups is 1. The van der Waals surface area contributed by atoms with Gasteiger partial charge in [-0.1, -0.05) is 13.8 Å². The van der Waals surface area contributed by atoms with Crippen molar-refractivity contribution in [1.82, 2.24) is 5.32 Å². The van der Waals surface area contributed by atoms with Crippen molar-refractivity contribution in [3.63, 3.8) is 0 Å². The molecule has 0 aromatic rings. The van der Waals surface area contributed by atoms with E-state index in [1.165, 1.54) is 19.3 Å². The Bertz CT molecular complexity index is 169. The summed E-state index contributed by atoms with van der Waals surface area (Å²) in [5, 5.41) is 12.9. The monoisotopic (exact) mass is 229 g/mol. The highest BCUT2D eigenvalue weighted by Gasteiger charge is 2.20. The van der Waals surface area contributed by atoms with Crippen LogP contribution in [0.1, 0.15) is 39.5 Å². The smallest absolute Gasteiger partial charge is 0.0897 e. The zero-order chi connectivity index (χ0) is 11.8. The van der Waals surface area contributed by atoms with Gasteiger partial charge in [0.25, 0.3) is 0 Å². The van der Waals surface area contributed by atoms with Gasteiger partial charge in [0, 0.05) is 13.2 Å². The number of hydrogen-bond donors (Lipinski definition) is 2. The standard InChI is InChI=1S/C13H27NO2/c1-11(2)4-3-7-16-10-13(15)9-14-8-12-5-6-12/h11-15H,3-10H2,1-2H3. The molecular formula is C13H27NO2. The lowest BCUT2D eigenvalue weighted by Gasteiger charge is -2.12. The summed E-state index contributed by atoms with van der Waals surface area (Å²) in [5.74, 6) is 1.62. The van der Waals surface area contributed by atoms with E-state index < -0.39 is 0 Å². The molecule has 1 aliphatic carbocycles. The Morgan fingerprint density at radius 1 is 1.38 bits per heavy atom. The van der Waals surface area contributed by atoms with E-state index >= 15 is 0 Å². The average molecular weight is 229 g/mol. The van der Waals surface area contributed by atoms with Crippen LogP contribution in [-0.2, 0) is 4.74 Å². The highest BCUT2D eigenvalue weighted by atomic mass is 16.5. The van der Waals surface area contributed by atoms with E-state index in [2.05, 4.69) is 19.2 Å². The molecule has 3 nitrogen and oxygen atoms in total. The zero-order valence-electron chi connectivity index (χ0n) is 10.7. The Morgan fingerprint density at radius 3 is 2.75 bits per heavy atom. The Hall–Kier alpha value is -0.120. The SMILES string of the molecule is CC(C)CCCOCC(O)CNCC1CC1. The molecule has 0 amide bonds. The van der Waals surface area contributed by atoms with E-state index in [1.807, 2.05) is 0 Å². The van der Waals surface area contributed by atoms with Gasteiger partial charge in [-0.05, 0) is 44.1 Å². The first-order chi connectivity index (χ1) is 7.68. The van der Waals surface area contributed by atoms with E-state index in [0.29, 0.717) is 13.2 Å². The van der Waals surface area contributed by atoms with Gasteiger partial charge in [-0.25, -0.2) is 0 Å². The fraction of sp³-hybridized carbons (Fsp3) is 1.00. The second kappa shape index (κ2) is 8.04.